The summed E-state index contributed by atoms with van der Waals surface area (Å²) < 4.78 is 43.2. The van der Waals surface area contributed by atoms with Gasteiger partial charge >= 0.3 is 6.18 Å². The Morgan fingerprint density at radius 2 is 1.88 bits per heavy atom. The van der Waals surface area contributed by atoms with Crippen LogP contribution in [0.1, 0.15) is 38.5 Å². The Kier molecular flexibility index (Phi) is 4.62. The molecule has 0 aromatic carbocycles. The van der Waals surface area contributed by atoms with Crippen LogP contribution < -0.4 is 5.73 Å². The molecule has 1 aliphatic rings. The summed E-state index contributed by atoms with van der Waals surface area (Å²) in [5.41, 5.74) is 3.49. The average molecular weight is 239 g/mol. The van der Waals surface area contributed by atoms with Gasteiger partial charge in [0.15, 0.2) is 5.60 Å². The lowest BCUT2D eigenvalue weighted by Gasteiger charge is -2.40. The molecule has 16 heavy (non-hydrogen) atoms. The van der Waals surface area contributed by atoms with Crippen LogP contribution in [0.4, 0.5) is 13.2 Å². The van der Waals surface area contributed by atoms with Crippen molar-refractivity contribution in [1.82, 2.24) is 0 Å². The summed E-state index contributed by atoms with van der Waals surface area (Å²) in [5, 5.41) is 0. The van der Waals surface area contributed by atoms with Crippen molar-refractivity contribution >= 4 is 0 Å². The van der Waals surface area contributed by atoms with E-state index in [1.54, 1.807) is 0 Å². The predicted octanol–water partition coefficient (Wildman–Crippen LogP) is 2.86. The maximum absolute atomic E-state index is 12.8. The Morgan fingerprint density at radius 1 is 1.31 bits per heavy atom. The Balaban J connectivity index is 2.51. The normalized spacial score (nSPS) is 31.7. The number of ether oxygens (including phenoxy) is 1. The first kappa shape index (κ1) is 13.8. The van der Waals surface area contributed by atoms with Gasteiger partial charge in [0.25, 0.3) is 0 Å². The van der Waals surface area contributed by atoms with Crippen molar-refractivity contribution in [2.75, 3.05) is 13.7 Å². The van der Waals surface area contributed by atoms with Crippen LogP contribution in [-0.2, 0) is 4.74 Å². The SMILES string of the molecule is COC1(C(F)(F)F)CCC(CCCN)CC1. The van der Waals surface area contributed by atoms with Crippen molar-refractivity contribution in [3.8, 4) is 0 Å². The summed E-state index contributed by atoms with van der Waals surface area (Å²) >= 11 is 0. The van der Waals surface area contributed by atoms with Gasteiger partial charge in [-0.1, -0.05) is 0 Å². The molecule has 2 nitrogen and oxygen atoms in total. The zero-order chi connectivity index (χ0) is 12.2. The molecule has 0 spiro atoms. The van der Waals surface area contributed by atoms with Gasteiger partial charge in [-0.25, -0.2) is 0 Å². The predicted molar refractivity (Wildman–Crippen MR) is 56.0 cm³/mol. The molecule has 1 aliphatic carbocycles. The lowest BCUT2D eigenvalue weighted by molar-refractivity contribution is -0.281. The van der Waals surface area contributed by atoms with Gasteiger partial charge in [0.05, 0.1) is 0 Å². The minimum atomic E-state index is -4.25. The fraction of sp³-hybridized carbons (Fsp3) is 1.00. The smallest absolute Gasteiger partial charge is 0.369 e. The van der Waals surface area contributed by atoms with Gasteiger partial charge in [-0.05, 0) is 51.0 Å². The molecule has 0 unspecified atom stereocenters. The standard InChI is InChI=1S/C11H20F3NO/c1-16-10(11(12,13)14)6-4-9(5-7-10)3-2-8-15/h9H,2-8,15H2,1H3. The van der Waals surface area contributed by atoms with Crippen molar-refractivity contribution in [1.29, 1.82) is 0 Å². The third kappa shape index (κ3) is 2.88. The topological polar surface area (TPSA) is 35.2 Å². The Labute approximate surface area is 94.3 Å². The van der Waals surface area contributed by atoms with Crippen LogP contribution in [0.15, 0.2) is 0 Å². The van der Waals surface area contributed by atoms with E-state index >= 15 is 0 Å². The number of methoxy groups -OCH3 is 1. The van der Waals surface area contributed by atoms with Crippen molar-refractivity contribution in [3.05, 3.63) is 0 Å². The summed E-state index contributed by atoms with van der Waals surface area (Å²) in [5.74, 6) is 0.383. The maximum Gasteiger partial charge on any atom is 0.417 e. The minimum absolute atomic E-state index is 0.0856. The molecule has 96 valence electrons. The Morgan fingerprint density at radius 3 is 2.25 bits per heavy atom. The van der Waals surface area contributed by atoms with Gasteiger partial charge in [-0.3, -0.25) is 0 Å². The molecule has 0 aromatic heterocycles. The van der Waals surface area contributed by atoms with Crippen LogP contribution >= 0.6 is 0 Å². The number of hydrogen-bond acceptors (Lipinski definition) is 2. The van der Waals surface area contributed by atoms with E-state index in [-0.39, 0.29) is 12.8 Å². The van der Waals surface area contributed by atoms with Gasteiger partial charge in [-0.2, -0.15) is 13.2 Å². The summed E-state index contributed by atoms with van der Waals surface area (Å²) in [7, 11) is 1.16. The van der Waals surface area contributed by atoms with Crippen LogP contribution in [0.3, 0.4) is 0 Å². The fourth-order valence-corrected chi connectivity index (χ4v) is 2.44. The zero-order valence-electron chi connectivity index (χ0n) is 9.65. The largest absolute Gasteiger partial charge is 0.417 e. The first-order chi connectivity index (χ1) is 7.45. The van der Waals surface area contributed by atoms with Crippen LogP contribution in [0.25, 0.3) is 0 Å². The molecule has 2 N–H and O–H groups in total. The molecule has 0 radical (unpaired) electrons. The third-order valence-corrected chi connectivity index (χ3v) is 3.64. The summed E-state index contributed by atoms with van der Waals surface area (Å²) in [4.78, 5) is 0. The van der Waals surface area contributed by atoms with Crippen LogP contribution in [-0.4, -0.2) is 25.4 Å². The molecule has 1 saturated carbocycles. The lowest BCUT2D eigenvalue weighted by atomic mass is 9.76. The lowest BCUT2D eigenvalue weighted by Crippen LogP contribution is -2.49. The maximum atomic E-state index is 12.8. The molecule has 0 aliphatic heterocycles. The third-order valence-electron chi connectivity index (χ3n) is 3.64. The molecule has 0 saturated heterocycles. The summed E-state index contributed by atoms with van der Waals surface area (Å²) in [6.07, 6.45) is -1.06. The van der Waals surface area contributed by atoms with E-state index in [4.69, 9.17) is 10.5 Å². The number of alkyl halides is 3. The molecule has 1 fully saturated rings. The van der Waals surface area contributed by atoms with Crippen molar-refractivity contribution in [2.24, 2.45) is 11.7 Å². The van der Waals surface area contributed by atoms with Gasteiger partial charge in [-0.15, -0.1) is 0 Å². The van der Waals surface area contributed by atoms with E-state index in [0.717, 1.165) is 20.0 Å². The number of rotatable bonds is 4. The highest BCUT2D eigenvalue weighted by atomic mass is 19.4. The molecular weight excluding hydrogens is 219 g/mol. The molecule has 0 aromatic rings. The molecule has 0 heterocycles. The number of nitrogens with two attached hydrogens (primary N) is 1. The van der Waals surface area contributed by atoms with E-state index in [9.17, 15) is 13.2 Å². The van der Waals surface area contributed by atoms with E-state index in [0.29, 0.717) is 25.3 Å². The van der Waals surface area contributed by atoms with E-state index < -0.39 is 11.8 Å². The second kappa shape index (κ2) is 5.36. The summed E-state index contributed by atoms with van der Waals surface area (Å²) in [6.45, 7) is 0.616. The first-order valence-electron chi connectivity index (χ1n) is 5.77. The van der Waals surface area contributed by atoms with Gasteiger partial charge < -0.3 is 10.5 Å². The van der Waals surface area contributed by atoms with Crippen LogP contribution in [0.2, 0.25) is 0 Å². The van der Waals surface area contributed by atoms with Crippen molar-refractivity contribution < 1.29 is 17.9 Å². The second-order valence-electron chi connectivity index (χ2n) is 4.57. The first-order valence-corrected chi connectivity index (χ1v) is 5.77. The van der Waals surface area contributed by atoms with Crippen LogP contribution in [0.5, 0.6) is 0 Å². The molecule has 0 amide bonds. The van der Waals surface area contributed by atoms with E-state index in [1.165, 1.54) is 0 Å². The molecule has 1 rings (SSSR count). The monoisotopic (exact) mass is 239 g/mol. The van der Waals surface area contributed by atoms with Gasteiger partial charge in [0.2, 0.25) is 0 Å². The molecular formula is C11H20F3NO. The number of hydrogen-bond donors (Lipinski definition) is 1. The van der Waals surface area contributed by atoms with E-state index in [2.05, 4.69) is 0 Å². The molecule has 0 bridgehead atoms. The summed E-state index contributed by atoms with van der Waals surface area (Å²) in [6, 6.07) is 0. The van der Waals surface area contributed by atoms with Crippen molar-refractivity contribution in [2.45, 2.75) is 50.3 Å². The fourth-order valence-electron chi connectivity index (χ4n) is 2.44. The quantitative estimate of drug-likeness (QED) is 0.818. The zero-order valence-corrected chi connectivity index (χ0v) is 9.65. The Bertz CT molecular complexity index is 210. The van der Waals surface area contributed by atoms with Crippen LogP contribution in [0, 0.1) is 5.92 Å². The van der Waals surface area contributed by atoms with E-state index in [1.807, 2.05) is 0 Å². The number of halogens is 3. The minimum Gasteiger partial charge on any atom is -0.369 e. The molecule has 5 heteroatoms. The highest BCUT2D eigenvalue weighted by Crippen LogP contribution is 2.46. The highest BCUT2D eigenvalue weighted by Gasteiger charge is 2.56. The highest BCUT2D eigenvalue weighted by molar-refractivity contribution is 4.93. The average Bonchev–Trinajstić information content (AvgIpc) is 2.25. The van der Waals surface area contributed by atoms with Crippen molar-refractivity contribution in [3.63, 3.8) is 0 Å². The molecule has 0 atom stereocenters. The second-order valence-corrected chi connectivity index (χ2v) is 4.57. The Hall–Kier alpha value is -0.290. The van der Waals surface area contributed by atoms with Gasteiger partial charge in [0.1, 0.15) is 0 Å². The van der Waals surface area contributed by atoms with Gasteiger partial charge in [0, 0.05) is 7.11 Å².